The molecule has 28 heteroatoms. The number of ketones is 1. The second kappa shape index (κ2) is 64.0. The second-order valence-corrected chi connectivity index (χ2v) is 39.8. The number of methoxy groups -OCH3 is 4. The van der Waals surface area contributed by atoms with Crippen molar-refractivity contribution in [2.45, 2.75) is 82.4 Å². The molecule has 12 aromatic carbocycles. The lowest BCUT2D eigenvalue weighted by Gasteiger charge is -2.36. The lowest BCUT2D eigenvalue weighted by atomic mass is 9.84. The zero-order valence-electron chi connectivity index (χ0n) is 84.0. The standard InChI is InChI=1S/C60H67N3O8S2.C46H44N2O3S2.C13H24N2O6/c1-69-57(67)46-63(39-41-71-47-64)55(58(68)70-2)37-23-9-22-36-54(65)44-62(40-43-73-60(51-30-16-6-17-31-51,52-32-18-7-19-33-52)53-34-20-8-21-35-53)45-56(66)61-38-42-72-59(48-24-10-3-11-25-48,49-26-12-4-13-27-49)50-28-14-5-15-29-50;49-43(47-31-33-52-45(37-19-7-1-8-20-37,38-21-9-2-10-22-38)39-23-11-3-12-24-39)35-48(36-44(50)51)32-34-53-46(40-25-13-4-14-26-40,41-27-15-5-16-28-41)42-29-17-6-18-30-42;1-19-12(17)9-15(7-8-21-10-16)11(13(18)20-2)5-3-4-6-14/h3-8,10-21,24-35,47,55H,9,22-23,36-46H2,1-2H3,(H,61,66);1-30H,31-36H2,(H,47,49)(H,50,51);10-11H,3-9,14H2,1-2H3. The number of carboxylic acid groups (broad SMARTS) is 1. The zero-order chi connectivity index (χ0) is 104. The molecular formula is C119H135N7O17S4. The molecule has 0 bridgehead atoms. The monoisotopic (exact) mass is 2060 g/mol. The van der Waals surface area contributed by atoms with E-state index in [9.17, 15) is 53.1 Å². The number of ether oxygens (including phenoxy) is 6. The fourth-order valence-electron chi connectivity index (χ4n) is 18.1. The molecule has 2 amide bonds. The number of amides is 2. The van der Waals surface area contributed by atoms with Gasteiger partial charge in [-0.3, -0.25) is 67.5 Å². The molecule has 0 spiro atoms. The Balaban J connectivity index is 0.000000259. The van der Waals surface area contributed by atoms with Gasteiger partial charge in [-0.15, -0.1) is 47.0 Å². The van der Waals surface area contributed by atoms with E-state index in [2.05, 4.69) is 311 Å². The van der Waals surface area contributed by atoms with Crippen LogP contribution >= 0.6 is 47.0 Å². The summed E-state index contributed by atoms with van der Waals surface area (Å²) in [7, 11) is 5.11. The van der Waals surface area contributed by atoms with Crippen LogP contribution in [-0.4, -0.2) is 247 Å². The molecule has 12 rings (SSSR count). The van der Waals surface area contributed by atoms with Gasteiger partial charge < -0.3 is 49.9 Å². The minimum Gasteiger partial charge on any atom is -0.480 e. The summed E-state index contributed by atoms with van der Waals surface area (Å²) >= 11 is 7.12. The van der Waals surface area contributed by atoms with E-state index in [1.807, 2.05) is 77.7 Å². The number of nitrogens with two attached hydrogens (primary N) is 1. The fraction of sp³-hybridized carbons (Fsp3) is 0.311. The van der Waals surface area contributed by atoms with Gasteiger partial charge in [0, 0.05) is 68.7 Å². The van der Waals surface area contributed by atoms with Crippen molar-refractivity contribution in [2.75, 3.05) is 150 Å². The molecule has 12 aromatic rings. The third kappa shape index (κ3) is 34.7. The molecule has 772 valence electrons. The number of rotatable bonds is 62. The van der Waals surface area contributed by atoms with Crippen molar-refractivity contribution in [1.29, 1.82) is 0 Å². The molecule has 24 nitrogen and oxygen atoms in total. The third-order valence-electron chi connectivity index (χ3n) is 25.0. The molecule has 0 saturated heterocycles. The van der Waals surface area contributed by atoms with Gasteiger partial charge in [0.1, 0.15) is 31.1 Å². The fourth-order valence-corrected chi connectivity index (χ4v) is 24.0. The largest absolute Gasteiger partial charge is 0.480 e. The van der Waals surface area contributed by atoms with E-state index in [1.54, 1.807) is 61.7 Å². The summed E-state index contributed by atoms with van der Waals surface area (Å²) in [5, 5.41) is 16.1. The first-order chi connectivity index (χ1) is 71.9. The van der Waals surface area contributed by atoms with Gasteiger partial charge in [-0.05, 0) is 99.0 Å². The first-order valence-electron chi connectivity index (χ1n) is 49.4. The van der Waals surface area contributed by atoms with Crippen molar-refractivity contribution >= 4 is 107 Å². The van der Waals surface area contributed by atoms with Crippen molar-refractivity contribution < 1.29 is 81.5 Å². The van der Waals surface area contributed by atoms with Crippen molar-refractivity contribution in [3.63, 3.8) is 0 Å². The quantitative estimate of drug-likeness (QED) is 0.00905. The van der Waals surface area contributed by atoms with E-state index in [1.165, 1.54) is 28.4 Å². The average Bonchev–Trinajstić information content (AvgIpc) is 0.769. The number of esters is 4. The van der Waals surface area contributed by atoms with Crippen LogP contribution in [0.15, 0.2) is 364 Å². The van der Waals surface area contributed by atoms with E-state index in [-0.39, 0.29) is 89.6 Å². The summed E-state index contributed by atoms with van der Waals surface area (Å²) < 4.78 is 26.7. The molecule has 5 N–H and O–H groups in total. The van der Waals surface area contributed by atoms with Crippen LogP contribution in [0.25, 0.3) is 0 Å². The number of thioether (sulfide) groups is 4. The van der Waals surface area contributed by atoms with E-state index in [0.29, 0.717) is 101 Å². The van der Waals surface area contributed by atoms with Gasteiger partial charge in [0.2, 0.25) is 11.8 Å². The maximum Gasteiger partial charge on any atom is 0.323 e. The van der Waals surface area contributed by atoms with Gasteiger partial charge in [-0.1, -0.05) is 383 Å². The average molecular weight is 2060 g/mol. The zero-order valence-corrected chi connectivity index (χ0v) is 87.3. The van der Waals surface area contributed by atoms with E-state index in [0.717, 1.165) is 79.6 Å². The van der Waals surface area contributed by atoms with E-state index < -0.39 is 60.9 Å². The van der Waals surface area contributed by atoms with Crippen molar-refractivity contribution in [1.82, 2.24) is 30.2 Å². The summed E-state index contributed by atoms with van der Waals surface area (Å²) in [4.78, 5) is 130. The molecule has 2 unspecified atom stereocenters. The highest BCUT2D eigenvalue weighted by Crippen LogP contribution is 2.53. The SMILES string of the molecule is COC(=O)CN(CCOC=O)C(CCCCCC(=O)CN(CCSC(c1ccccc1)(c1ccccc1)c1ccccc1)CC(=O)NCCSC(c1ccccc1)(c1ccccc1)c1ccccc1)C(=O)OC.COC(=O)CN(CCOC=O)C(CCCCN)C(=O)OC.O=C(O)CN(CCSC(c1ccccc1)(c1ccccc1)c1ccccc1)CC(=O)NCCSC(c1ccccc1)(c1ccccc1)c1ccccc1. The van der Waals surface area contributed by atoms with Gasteiger partial charge in [-0.2, -0.15) is 0 Å². The highest BCUT2D eigenvalue weighted by atomic mass is 32.2. The number of hydrogen-bond donors (Lipinski definition) is 4. The molecule has 0 aliphatic carbocycles. The van der Waals surface area contributed by atoms with E-state index in [4.69, 9.17) is 24.7 Å². The van der Waals surface area contributed by atoms with Crippen LogP contribution in [0.3, 0.4) is 0 Å². The molecular weight excluding hydrogens is 1930 g/mol. The Labute approximate surface area is 881 Å². The molecule has 0 aromatic heterocycles. The molecule has 0 aliphatic rings. The number of carbonyl (C=O) groups is 10. The van der Waals surface area contributed by atoms with Crippen LogP contribution < -0.4 is 16.4 Å². The van der Waals surface area contributed by atoms with Gasteiger partial charge in [0.15, 0.2) is 0 Å². The van der Waals surface area contributed by atoms with Crippen molar-refractivity contribution in [3.8, 4) is 0 Å². The summed E-state index contributed by atoms with van der Waals surface area (Å²) in [5.74, 6) is -0.805. The summed E-state index contributed by atoms with van der Waals surface area (Å²) in [6, 6.07) is 124. The smallest absolute Gasteiger partial charge is 0.323 e. The van der Waals surface area contributed by atoms with Gasteiger partial charge in [-0.25, -0.2) is 0 Å². The highest BCUT2D eigenvalue weighted by Gasteiger charge is 2.42. The third-order valence-corrected chi connectivity index (χ3v) is 31.2. The molecule has 0 aliphatic heterocycles. The Bertz CT molecular complexity index is 5480. The molecule has 0 heterocycles. The van der Waals surface area contributed by atoms with Gasteiger partial charge >= 0.3 is 29.8 Å². The van der Waals surface area contributed by atoms with Crippen LogP contribution in [0.5, 0.6) is 0 Å². The lowest BCUT2D eigenvalue weighted by Crippen LogP contribution is -2.46. The normalized spacial score (nSPS) is 11.8. The molecule has 0 saturated carbocycles. The number of nitrogens with one attached hydrogen (secondary N) is 2. The topological polar surface area (TPSA) is 309 Å². The maximum atomic E-state index is 14.1. The van der Waals surface area contributed by atoms with Crippen molar-refractivity contribution in [3.05, 3.63) is 431 Å². The minimum atomic E-state index is -0.961. The van der Waals surface area contributed by atoms with E-state index >= 15 is 0 Å². The lowest BCUT2D eigenvalue weighted by molar-refractivity contribution is -0.152. The number of benzene rings is 12. The van der Waals surface area contributed by atoms with Gasteiger partial charge in [0.05, 0.1) is 86.7 Å². The first kappa shape index (κ1) is 116. The van der Waals surface area contributed by atoms with Crippen LogP contribution in [0.2, 0.25) is 0 Å². The second-order valence-electron chi connectivity index (χ2n) is 34.6. The Morgan fingerprint density at radius 3 is 0.789 bits per heavy atom. The molecule has 147 heavy (non-hydrogen) atoms. The predicted molar refractivity (Wildman–Crippen MR) is 587 cm³/mol. The Morgan fingerprint density at radius 2 is 0.558 bits per heavy atom. The van der Waals surface area contributed by atoms with Crippen molar-refractivity contribution in [2.24, 2.45) is 5.73 Å². The van der Waals surface area contributed by atoms with Crippen LogP contribution in [0.1, 0.15) is 118 Å². The number of Topliss-reactive ketones (excluding diaryl/α,β-unsaturated/α-hetero) is 1. The number of hydrogen-bond acceptors (Lipinski definition) is 25. The number of carboxylic acids is 1. The number of unbranched alkanes of at least 4 members (excludes halogenated alkanes) is 3. The van der Waals surface area contributed by atoms with Crippen LogP contribution in [0.4, 0.5) is 0 Å². The minimum absolute atomic E-state index is 0.00621. The molecule has 2 atom stereocenters. The van der Waals surface area contributed by atoms with Gasteiger partial charge in [0.25, 0.3) is 12.9 Å². The van der Waals surface area contributed by atoms with Crippen LogP contribution in [-0.2, 0) is 95.4 Å². The summed E-state index contributed by atoms with van der Waals surface area (Å²) in [5.41, 5.74) is 19.2. The maximum absolute atomic E-state index is 14.1. The number of carbonyl (C=O) groups excluding carboxylic acids is 9. The summed E-state index contributed by atoms with van der Waals surface area (Å²) in [6.45, 7) is 2.96. The van der Waals surface area contributed by atoms with Crippen LogP contribution in [0, 0.1) is 0 Å². The summed E-state index contributed by atoms with van der Waals surface area (Å²) in [6.07, 6.45) is 4.40. The predicted octanol–water partition coefficient (Wildman–Crippen LogP) is 17.8. The Morgan fingerprint density at radius 1 is 0.313 bits per heavy atom. The Kier molecular flexibility index (Phi) is 50.3. The molecule has 0 radical (unpaired) electrons. The number of aliphatic carboxylic acids is 1. The first-order valence-corrected chi connectivity index (χ1v) is 53.3. The highest BCUT2D eigenvalue weighted by molar-refractivity contribution is 8.01. The number of nitrogens with zero attached hydrogens (tertiary/aromatic N) is 4. The Hall–Kier alpha value is -13.3. The molecule has 0 fully saturated rings.